The number of hydrogen-bond donors (Lipinski definition) is 2. The fourth-order valence-electron chi connectivity index (χ4n) is 2.88. The van der Waals surface area contributed by atoms with Crippen molar-refractivity contribution in [1.82, 2.24) is 9.97 Å². The highest BCUT2D eigenvalue weighted by Gasteiger charge is 2.16. The second-order valence-corrected chi connectivity index (χ2v) is 6.01. The van der Waals surface area contributed by atoms with E-state index in [0.29, 0.717) is 6.04 Å². The second kappa shape index (κ2) is 7.46. The first-order chi connectivity index (χ1) is 9.71. The summed E-state index contributed by atoms with van der Waals surface area (Å²) in [5, 5.41) is 6.76. The van der Waals surface area contributed by atoms with Crippen LogP contribution in [0.3, 0.4) is 0 Å². The summed E-state index contributed by atoms with van der Waals surface area (Å²) in [7, 11) is 1.91. The van der Waals surface area contributed by atoms with Crippen molar-refractivity contribution in [1.29, 1.82) is 0 Å². The molecule has 112 valence electrons. The van der Waals surface area contributed by atoms with Crippen molar-refractivity contribution in [2.45, 2.75) is 64.8 Å². The lowest BCUT2D eigenvalue weighted by atomic mass is 10.0. The van der Waals surface area contributed by atoms with Gasteiger partial charge in [-0.05, 0) is 31.6 Å². The van der Waals surface area contributed by atoms with Gasteiger partial charge in [-0.2, -0.15) is 0 Å². The molecule has 0 amide bonds. The molecule has 1 saturated carbocycles. The first kappa shape index (κ1) is 15.1. The van der Waals surface area contributed by atoms with E-state index in [9.17, 15) is 0 Å². The van der Waals surface area contributed by atoms with Gasteiger partial charge < -0.3 is 10.6 Å². The summed E-state index contributed by atoms with van der Waals surface area (Å²) in [5.41, 5.74) is 0. The molecule has 2 N–H and O–H groups in total. The largest absolute Gasteiger partial charge is 0.373 e. The Morgan fingerprint density at radius 2 is 1.95 bits per heavy atom. The Morgan fingerprint density at radius 3 is 2.70 bits per heavy atom. The second-order valence-electron chi connectivity index (χ2n) is 6.01. The fourth-order valence-corrected chi connectivity index (χ4v) is 2.88. The Morgan fingerprint density at radius 1 is 1.15 bits per heavy atom. The van der Waals surface area contributed by atoms with Crippen LogP contribution in [0.1, 0.15) is 58.2 Å². The van der Waals surface area contributed by atoms with Gasteiger partial charge in [0.2, 0.25) is 0 Å². The molecule has 4 heteroatoms. The van der Waals surface area contributed by atoms with E-state index in [1.165, 1.54) is 32.1 Å². The molecule has 2 atom stereocenters. The number of nitrogens with zero attached hydrogens (tertiary/aromatic N) is 2. The zero-order valence-corrected chi connectivity index (χ0v) is 13.1. The Hall–Kier alpha value is -1.32. The SMILES string of the molecule is CCCc1nc(NC)cc(NC2CCCC(C)CC2)n1. The van der Waals surface area contributed by atoms with E-state index in [1.54, 1.807) is 0 Å². The number of aryl methyl sites for hydroxylation is 1. The average molecular weight is 276 g/mol. The molecule has 0 spiro atoms. The molecule has 0 radical (unpaired) electrons. The average Bonchev–Trinajstić information content (AvgIpc) is 2.64. The van der Waals surface area contributed by atoms with Gasteiger partial charge in [-0.1, -0.05) is 26.7 Å². The summed E-state index contributed by atoms with van der Waals surface area (Å²) in [6, 6.07) is 2.59. The van der Waals surface area contributed by atoms with Crippen molar-refractivity contribution in [2.75, 3.05) is 17.7 Å². The van der Waals surface area contributed by atoms with Crippen LogP contribution in [-0.2, 0) is 6.42 Å². The van der Waals surface area contributed by atoms with Gasteiger partial charge >= 0.3 is 0 Å². The summed E-state index contributed by atoms with van der Waals surface area (Å²) < 4.78 is 0. The molecule has 0 aliphatic heterocycles. The van der Waals surface area contributed by atoms with Crippen LogP contribution in [0, 0.1) is 5.92 Å². The lowest BCUT2D eigenvalue weighted by Gasteiger charge is -2.18. The predicted octanol–water partition coefficient (Wildman–Crippen LogP) is 3.85. The van der Waals surface area contributed by atoms with Gasteiger partial charge in [0, 0.05) is 25.6 Å². The van der Waals surface area contributed by atoms with Crippen LogP contribution in [0.15, 0.2) is 6.07 Å². The molecular weight excluding hydrogens is 248 g/mol. The molecule has 0 bridgehead atoms. The minimum Gasteiger partial charge on any atom is -0.373 e. The highest BCUT2D eigenvalue weighted by Crippen LogP contribution is 2.25. The smallest absolute Gasteiger partial charge is 0.133 e. The van der Waals surface area contributed by atoms with Crippen LogP contribution < -0.4 is 10.6 Å². The fraction of sp³-hybridized carbons (Fsp3) is 0.750. The van der Waals surface area contributed by atoms with Gasteiger partial charge in [0.1, 0.15) is 17.5 Å². The van der Waals surface area contributed by atoms with Crippen molar-refractivity contribution in [3.05, 3.63) is 11.9 Å². The molecule has 1 heterocycles. The highest BCUT2D eigenvalue weighted by atomic mass is 15.1. The van der Waals surface area contributed by atoms with Crippen molar-refractivity contribution in [3.8, 4) is 0 Å². The van der Waals surface area contributed by atoms with Crippen LogP contribution in [0.5, 0.6) is 0 Å². The van der Waals surface area contributed by atoms with Crippen LogP contribution in [0.4, 0.5) is 11.6 Å². The Balaban J connectivity index is 2.05. The molecule has 1 aliphatic carbocycles. The molecule has 2 unspecified atom stereocenters. The third-order valence-corrected chi connectivity index (χ3v) is 4.11. The van der Waals surface area contributed by atoms with E-state index < -0.39 is 0 Å². The predicted molar refractivity (Wildman–Crippen MR) is 85.2 cm³/mol. The van der Waals surface area contributed by atoms with Gasteiger partial charge in [-0.15, -0.1) is 0 Å². The number of aromatic nitrogens is 2. The van der Waals surface area contributed by atoms with Gasteiger partial charge in [-0.25, -0.2) is 9.97 Å². The minimum atomic E-state index is 0.564. The maximum atomic E-state index is 4.65. The lowest BCUT2D eigenvalue weighted by molar-refractivity contribution is 0.502. The normalized spacial score (nSPS) is 23.1. The van der Waals surface area contributed by atoms with Gasteiger partial charge in [0.05, 0.1) is 0 Å². The van der Waals surface area contributed by atoms with E-state index in [1.807, 2.05) is 13.1 Å². The van der Waals surface area contributed by atoms with E-state index in [-0.39, 0.29) is 0 Å². The quantitative estimate of drug-likeness (QED) is 0.802. The van der Waals surface area contributed by atoms with Crippen LogP contribution >= 0.6 is 0 Å². The maximum absolute atomic E-state index is 4.65. The summed E-state index contributed by atoms with van der Waals surface area (Å²) in [6.07, 6.45) is 8.54. The number of rotatable bonds is 5. The molecule has 4 nitrogen and oxygen atoms in total. The maximum Gasteiger partial charge on any atom is 0.133 e. The van der Waals surface area contributed by atoms with Crippen molar-refractivity contribution in [3.63, 3.8) is 0 Å². The first-order valence-corrected chi connectivity index (χ1v) is 8.03. The van der Waals surface area contributed by atoms with Crippen molar-refractivity contribution >= 4 is 11.6 Å². The summed E-state index contributed by atoms with van der Waals surface area (Å²) >= 11 is 0. The highest BCUT2D eigenvalue weighted by molar-refractivity contribution is 5.47. The molecule has 0 saturated heterocycles. The Bertz CT molecular complexity index is 419. The summed E-state index contributed by atoms with van der Waals surface area (Å²) in [5.74, 6) is 3.69. The minimum absolute atomic E-state index is 0.564. The zero-order chi connectivity index (χ0) is 14.4. The molecular formula is C16H28N4. The first-order valence-electron chi connectivity index (χ1n) is 8.03. The topological polar surface area (TPSA) is 49.8 Å². The van der Waals surface area contributed by atoms with E-state index in [2.05, 4.69) is 34.4 Å². The van der Waals surface area contributed by atoms with Crippen LogP contribution in [-0.4, -0.2) is 23.1 Å². The van der Waals surface area contributed by atoms with E-state index >= 15 is 0 Å². The van der Waals surface area contributed by atoms with E-state index in [0.717, 1.165) is 36.2 Å². The van der Waals surface area contributed by atoms with Crippen molar-refractivity contribution < 1.29 is 0 Å². The summed E-state index contributed by atoms with van der Waals surface area (Å²) in [6.45, 7) is 4.53. The van der Waals surface area contributed by atoms with Gasteiger partial charge in [0.15, 0.2) is 0 Å². The molecule has 20 heavy (non-hydrogen) atoms. The Kier molecular flexibility index (Phi) is 5.62. The molecule has 0 aromatic carbocycles. The number of nitrogens with one attached hydrogen (secondary N) is 2. The number of hydrogen-bond acceptors (Lipinski definition) is 4. The third-order valence-electron chi connectivity index (χ3n) is 4.11. The molecule has 1 aromatic rings. The molecule has 2 rings (SSSR count). The number of anilines is 2. The molecule has 1 aliphatic rings. The summed E-state index contributed by atoms with van der Waals surface area (Å²) in [4.78, 5) is 9.16. The van der Waals surface area contributed by atoms with Crippen molar-refractivity contribution in [2.24, 2.45) is 5.92 Å². The standard InChI is InChI=1S/C16H28N4/c1-4-6-14-19-15(17-3)11-16(20-14)18-13-8-5-7-12(2)9-10-13/h11-13H,4-10H2,1-3H3,(H2,17,18,19,20). The van der Waals surface area contributed by atoms with Gasteiger partial charge in [-0.3, -0.25) is 0 Å². The lowest BCUT2D eigenvalue weighted by Crippen LogP contribution is -2.20. The van der Waals surface area contributed by atoms with Crippen LogP contribution in [0.25, 0.3) is 0 Å². The van der Waals surface area contributed by atoms with E-state index in [4.69, 9.17) is 0 Å². The zero-order valence-electron chi connectivity index (χ0n) is 13.1. The molecule has 1 aromatic heterocycles. The Labute approximate surface area is 122 Å². The van der Waals surface area contributed by atoms with Gasteiger partial charge in [0.25, 0.3) is 0 Å². The molecule has 1 fully saturated rings. The van der Waals surface area contributed by atoms with Crippen LogP contribution in [0.2, 0.25) is 0 Å². The monoisotopic (exact) mass is 276 g/mol. The third kappa shape index (κ3) is 4.36.